The second-order valence-corrected chi connectivity index (χ2v) is 7.67. The summed E-state index contributed by atoms with van der Waals surface area (Å²) in [7, 11) is 0. The standard InChI is InChI=1S/C19H13F3N2O3S2/c20-19(21,22)12-4-2-5-13(9-12)23-16(26)10-24-17(27)15(29-18(24)28)8-11-3-1-6-14(25)7-11/h1-9,25H,10H2,(H,23,26)/b15-8-. The lowest BCUT2D eigenvalue weighted by molar-refractivity contribution is -0.137. The van der Waals surface area contributed by atoms with Crippen molar-refractivity contribution in [3.63, 3.8) is 0 Å². The lowest BCUT2D eigenvalue weighted by Gasteiger charge is -2.15. The van der Waals surface area contributed by atoms with E-state index >= 15 is 0 Å². The minimum Gasteiger partial charge on any atom is -0.508 e. The molecule has 1 saturated heterocycles. The Morgan fingerprint density at radius 1 is 1.21 bits per heavy atom. The number of thiocarbonyl (C=S) groups is 1. The minimum absolute atomic E-state index is 0.0365. The van der Waals surface area contributed by atoms with Crippen LogP contribution < -0.4 is 5.32 Å². The molecule has 0 unspecified atom stereocenters. The maximum absolute atomic E-state index is 12.8. The van der Waals surface area contributed by atoms with Crippen LogP contribution in [0.15, 0.2) is 53.4 Å². The van der Waals surface area contributed by atoms with Crippen molar-refractivity contribution in [2.24, 2.45) is 0 Å². The van der Waals surface area contributed by atoms with Gasteiger partial charge in [-0.15, -0.1) is 0 Å². The number of benzene rings is 2. The molecular weight excluding hydrogens is 425 g/mol. The Balaban J connectivity index is 1.69. The van der Waals surface area contributed by atoms with Gasteiger partial charge in [0, 0.05) is 5.69 Å². The van der Waals surface area contributed by atoms with E-state index in [0.717, 1.165) is 28.8 Å². The largest absolute Gasteiger partial charge is 0.508 e. The molecule has 10 heteroatoms. The Labute approximate surface area is 173 Å². The molecule has 1 aliphatic rings. The number of thioether (sulfide) groups is 1. The van der Waals surface area contributed by atoms with Crippen molar-refractivity contribution in [3.8, 4) is 5.75 Å². The predicted molar refractivity (Wildman–Crippen MR) is 108 cm³/mol. The summed E-state index contributed by atoms with van der Waals surface area (Å²) in [6.45, 7) is -0.432. The third-order valence-corrected chi connectivity index (χ3v) is 5.19. The fourth-order valence-electron chi connectivity index (χ4n) is 2.52. The number of phenolic OH excluding ortho intramolecular Hbond substituents is 1. The Morgan fingerprint density at radius 3 is 2.62 bits per heavy atom. The zero-order valence-electron chi connectivity index (χ0n) is 14.6. The number of alkyl halides is 3. The first kappa shape index (κ1) is 20.9. The highest BCUT2D eigenvalue weighted by atomic mass is 32.2. The van der Waals surface area contributed by atoms with Crippen LogP contribution in [0.5, 0.6) is 5.75 Å². The van der Waals surface area contributed by atoms with Gasteiger partial charge in [0.15, 0.2) is 0 Å². The molecule has 5 nitrogen and oxygen atoms in total. The van der Waals surface area contributed by atoms with E-state index in [0.29, 0.717) is 5.56 Å². The number of anilines is 1. The molecule has 1 aliphatic heterocycles. The Morgan fingerprint density at radius 2 is 1.93 bits per heavy atom. The average molecular weight is 438 g/mol. The second kappa shape index (κ2) is 8.26. The normalized spacial score (nSPS) is 15.8. The molecule has 0 radical (unpaired) electrons. The molecule has 2 aromatic carbocycles. The van der Waals surface area contributed by atoms with Crippen molar-refractivity contribution in [3.05, 3.63) is 64.6 Å². The number of rotatable bonds is 4. The Kier molecular flexibility index (Phi) is 5.94. The van der Waals surface area contributed by atoms with Gasteiger partial charge in [-0.05, 0) is 42.0 Å². The summed E-state index contributed by atoms with van der Waals surface area (Å²) < 4.78 is 38.5. The molecule has 29 heavy (non-hydrogen) atoms. The number of nitrogens with zero attached hydrogens (tertiary/aromatic N) is 1. The third kappa shape index (κ3) is 5.15. The fraction of sp³-hybridized carbons (Fsp3) is 0.105. The summed E-state index contributed by atoms with van der Waals surface area (Å²) in [6, 6.07) is 10.5. The van der Waals surface area contributed by atoms with E-state index in [2.05, 4.69) is 5.32 Å². The monoisotopic (exact) mass is 438 g/mol. The molecule has 3 rings (SSSR count). The molecule has 0 bridgehead atoms. The molecule has 2 aromatic rings. The van der Waals surface area contributed by atoms with Gasteiger partial charge in [0.05, 0.1) is 10.5 Å². The van der Waals surface area contributed by atoms with Crippen molar-refractivity contribution in [1.29, 1.82) is 0 Å². The van der Waals surface area contributed by atoms with E-state index in [9.17, 15) is 27.9 Å². The van der Waals surface area contributed by atoms with Crippen LogP contribution >= 0.6 is 24.0 Å². The molecular formula is C19H13F3N2O3S2. The first-order valence-corrected chi connectivity index (χ1v) is 9.37. The smallest absolute Gasteiger partial charge is 0.416 e. The maximum Gasteiger partial charge on any atom is 0.416 e. The molecule has 2 N–H and O–H groups in total. The lowest BCUT2D eigenvalue weighted by Crippen LogP contribution is -2.36. The fourth-order valence-corrected chi connectivity index (χ4v) is 3.77. The summed E-state index contributed by atoms with van der Waals surface area (Å²) in [6.07, 6.45) is -3.00. The van der Waals surface area contributed by atoms with Gasteiger partial charge in [0.1, 0.15) is 16.6 Å². The Hall–Kier alpha value is -2.85. The number of nitrogens with one attached hydrogen (secondary N) is 1. The predicted octanol–water partition coefficient (Wildman–Crippen LogP) is 4.25. The van der Waals surface area contributed by atoms with Gasteiger partial charge < -0.3 is 10.4 Å². The van der Waals surface area contributed by atoms with E-state index in [-0.39, 0.29) is 20.7 Å². The van der Waals surface area contributed by atoms with E-state index in [1.54, 1.807) is 12.1 Å². The Bertz CT molecular complexity index is 1020. The summed E-state index contributed by atoms with van der Waals surface area (Å²) >= 11 is 6.13. The molecule has 0 aliphatic carbocycles. The lowest BCUT2D eigenvalue weighted by atomic mass is 10.2. The quantitative estimate of drug-likeness (QED) is 0.552. The maximum atomic E-state index is 12.8. The van der Waals surface area contributed by atoms with Crippen molar-refractivity contribution in [2.45, 2.75) is 6.18 Å². The van der Waals surface area contributed by atoms with Crippen molar-refractivity contribution < 1.29 is 27.9 Å². The van der Waals surface area contributed by atoms with E-state index < -0.39 is 30.1 Å². The summed E-state index contributed by atoms with van der Waals surface area (Å²) in [4.78, 5) is 26.1. The van der Waals surface area contributed by atoms with Crippen LogP contribution in [0.2, 0.25) is 0 Å². The van der Waals surface area contributed by atoms with Gasteiger partial charge in [-0.3, -0.25) is 14.5 Å². The number of halogens is 3. The van der Waals surface area contributed by atoms with Crippen molar-refractivity contribution in [1.82, 2.24) is 4.90 Å². The zero-order chi connectivity index (χ0) is 21.2. The molecule has 0 aromatic heterocycles. The molecule has 0 atom stereocenters. The highest BCUT2D eigenvalue weighted by molar-refractivity contribution is 8.26. The molecule has 0 saturated carbocycles. The van der Waals surface area contributed by atoms with Gasteiger partial charge >= 0.3 is 6.18 Å². The van der Waals surface area contributed by atoms with Crippen LogP contribution in [-0.2, 0) is 15.8 Å². The molecule has 0 spiro atoms. The number of carbonyl (C=O) groups excluding carboxylic acids is 2. The summed E-state index contributed by atoms with van der Waals surface area (Å²) in [5, 5.41) is 11.8. The van der Waals surface area contributed by atoms with Crippen molar-refractivity contribution >= 4 is 51.9 Å². The van der Waals surface area contributed by atoms with Crippen LogP contribution in [0.25, 0.3) is 6.08 Å². The van der Waals surface area contributed by atoms with Crippen LogP contribution in [0.3, 0.4) is 0 Å². The van der Waals surface area contributed by atoms with Gasteiger partial charge in [-0.1, -0.05) is 42.2 Å². The summed E-state index contributed by atoms with van der Waals surface area (Å²) in [5.74, 6) is -1.14. The van der Waals surface area contributed by atoms with Crippen LogP contribution in [-0.4, -0.2) is 32.7 Å². The highest BCUT2D eigenvalue weighted by Gasteiger charge is 2.34. The number of hydrogen-bond acceptors (Lipinski definition) is 5. The first-order valence-electron chi connectivity index (χ1n) is 8.15. The minimum atomic E-state index is -4.53. The molecule has 150 valence electrons. The number of amides is 2. The highest BCUT2D eigenvalue weighted by Crippen LogP contribution is 2.33. The molecule has 1 heterocycles. The van der Waals surface area contributed by atoms with Crippen LogP contribution in [0.4, 0.5) is 18.9 Å². The molecule has 1 fully saturated rings. The van der Waals surface area contributed by atoms with E-state index in [1.165, 1.54) is 30.3 Å². The van der Waals surface area contributed by atoms with Gasteiger partial charge in [0.2, 0.25) is 5.91 Å². The van der Waals surface area contributed by atoms with Crippen LogP contribution in [0.1, 0.15) is 11.1 Å². The number of phenols is 1. The van der Waals surface area contributed by atoms with Crippen LogP contribution in [0, 0.1) is 0 Å². The van der Waals surface area contributed by atoms with Gasteiger partial charge in [-0.25, -0.2) is 0 Å². The topological polar surface area (TPSA) is 69.6 Å². The van der Waals surface area contributed by atoms with Gasteiger partial charge in [0.25, 0.3) is 5.91 Å². The van der Waals surface area contributed by atoms with Crippen molar-refractivity contribution in [2.75, 3.05) is 11.9 Å². The zero-order valence-corrected chi connectivity index (χ0v) is 16.2. The molecule has 2 amide bonds. The van der Waals surface area contributed by atoms with Gasteiger partial charge in [-0.2, -0.15) is 13.2 Å². The number of aromatic hydroxyl groups is 1. The third-order valence-electron chi connectivity index (χ3n) is 3.82. The summed E-state index contributed by atoms with van der Waals surface area (Å²) in [5.41, 5.74) is -0.348. The number of hydrogen-bond donors (Lipinski definition) is 2. The second-order valence-electron chi connectivity index (χ2n) is 5.99. The SMILES string of the molecule is O=C(CN1C(=O)/C(=C/c2cccc(O)c2)SC1=S)Nc1cccc(C(F)(F)F)c1. The average Bonchev–Trinajstić information content (AvgIpc) is 2.89. The number of carbonyl (C=O) groups is 2. The first-order chi connectivity index (χ1) is 13.6. The van der Waals surface area contributed by atoms with E-state index in [4.69, 9.17) is 12.2 Å². The van der Waals surface area contributed by atoms with E-state index in [1.807, 2.05) is 0 Å².